The molecule has 2 aromatic carbocycles. The monoisotopic (exact) mass is 570 g/mol. The standard InChI is InChI=1S/C18H18IO4.F6P/c1-13(20)22-11-15-3-7-17(8-4-15)19-18-9-5-16(6-10-18)12-23-14(2)21;1-7(2,3,4,5)6/h3-10H,11-12H2,1-2H3;/q+1;-1. The Balaban J connectivity index is 0.000000553. The van der Waals surface area contributed by atoms with Crippen LogP contribution in [0.2, 0.25) is 0 Å². The second-order valence-corrected chi connectivity index (χ2v) is 10.8. The van der Waals surface area contributed by atoms with Gasteiger partial charge in [-0.1, -0.05) is 24.3 Å². The van der Waals surface area contributed by atoms with Gasteiger partial charge in [0, 0.05) is 13.8 Å². The molecule has 4 nitrogen and oxygen atoms in total. The van der Waals surface area contributed by atoms with E-state index in [-0.39, 0.29) is 33.1 Å². The van der Waals surface area contributed by atoms with E-state index in [1.165, 1.54) is 21.0 Å². The van der Waals surface area contributed by atoms with E-state index in [1.807, 2.05) is 24.3 Å². The van der Waals surface area contributed by atoms with Gasteiger partial charge in [-0.3, -0.25) is 9.59 Å². The number of benzene rings is 2. The molecule has 0 saturated heterocycles. The predicted molar refractivity (Wildman–Crippen MR) is 94.8 cm³/mol. The van der Waals surface area contributed by atoms with Crippen LogP contribution in [-0.2, 0) is 32.3 Å². The van der Waals surface area contributed by atoms with Gasteiger partial charge in [0.05, 0.1) is 0 Å². The summed E-state index contributed by atoms with van der Waals surface area (Å²) in [5.41, 5.74) is 1.98. The van der Waals surface area contributed by atoms with Crippen LogP contribution in [0.3, 0.4) is 0 Å². The van der Waals surface area contributed by atoms with Gasteiger partial charge < -0.3 is 9.47 Å². The molecule has 0 spiro atoms. The summed E-state index contributed by atoms with van der Waals surface area (Å²) in [4.78, 5) is 21.6. The van der Waals surface area contributed by atoms with E-state index >= 15 is 0 Å². The summed E-state index contributed by atoms with van der Waals surface area (Å²) in [5.74, 6) is -0.536. The molecular formula is C18H18F6IO4P. The minimum absolute atomic E-state index is 0.258. The number of halogens is 7. The Morgan fingerprint density at radius 3 is 1.20 bits per heavy atom. The normalized spacial score (nSPS) is 13.2. The van der Waals surface area contributed by atoms with E-state index in [2.05, 4.69) is 24.3 Å². The molecule has 0 fully saturated rings. The Morgan fingerprint density at radius 2 is 0.967 bits per heavy atom. The Morgan fingerprint density at radius 1 is 0.700 bits per heavy atom. The van der Waals surface area contributed by atoms with Crippen molar-refractivity contribution < 1.29 is 65.4 Å². The summed E-state index contributed by atoms with van der Waals surface area (Å²) in [6, 6.07) is 16.3. The first kappa shape index (κ1) is 26.2. The quantitative estimate of drug-likeness (QED) is 0.232. The molecule has 0 aliphatic rings. The molecule has 0 aliphatic heterocycles. The molecule has 0 aliphatic carbocycles. The average molecular weight is 570 g/mol. The third-order valence-corrected chi connectivity index (χ3v) is 5.61. The first-order chi connectivity index (χ1) is 13.5. The van der Waals surface area contributed by atoms with Crippen LogP contribution in [0, 0.1) is 7.14 Å². The number of rotatable bonds is 6. The van der Waals surface area contributed by atoms with Crippen molar-refractivity contribution in [1.29, 1.82) is 0 Å². The van der Waals surface area contributed by atoms with E-state index < -0.39 is 7.81 Å². The van der Waals surface area contributed by atoms with Crippen LogP contribution in [0.15, 0.2) is 48.5 Å². The maximum atomic E-state index is 10.8. The number of hydrogen-bond acceptors (Lipinski definition) is 4. The van der Waals surface area contributed by atoms with Gasteiger partial charge in [0.15, 0.2) is 7.14 Å². The first-order valence-electron chi connectivity index (χ1n) is 8.14. The molecule has 0 atom stereocenters. The zero-order valence-electron chi connectivity index (χ0n) is 15.8. The summed E-state index contributed by atoms with van der Waals surface area (Å²) < 4.78 is 71.7. The fourth-order valence-corrected chi connectivity index (χ4v) is 3.94. The van der Waals surface area contributed by atoms with Crippen LogP contribution in [0.4, 0.5) is 25.2 Å². The number of carbonyl (C=O) groups excluding carboxylic acids is 2. The average Bonchev–Trinajstić information content (AvgIpc) is 2.58. The molecule has 30 heavy (non-hydrogen) atoms. The van der Waals surface area contributed by atoms with Crippen LogP contribution in [0.1, 0.15) is 25.0 Å². The van der Waals surface area contributed by atoms with Gasteiger partial charge in [-0.15, -0.1) is 0 Å². The molecule has 0 unspecified atom stereocenters. The first-order valence-corrected chi connectivity index (χ1v) is 12.3. The summed E-state index contributed by atoms with van der Waals surface area (Å²) in [5, 5.41) is 0. The molecule has 12 heteroatoms. The van der Waals surface area contributed by atoms with Gasteiger partial charge in [0.1, 0.15) is 13.2 Å². The van der Waals surface area contributed by atoms with Gasteiger partial charge in [0.2, 0.25) is 0 Å². The van der Waals surface area contributed by atoms with Gasteiger partial charge >= 0.3 is 66.1 Å². The second-order valence-electron chi connectivity index (χ2n) is 5.87. The number of ether oxygens (including phenoxy) is 2. The van der Waals surface area contributed by atoms with E-state index in [4.69, 9.17) is 9.47 Å². The van der Waals surface area contributed by atoms with Crippen LogP contribution in [0.5, 0.6) is 0 Å². The van der Waals surface area contributed by atoms with Gasteiger partial charge in [-0.05, 0) is 35.4 Å². The molecule has 0 radical (unpaired) electrons. The van der Waals surface area contributed by atoms with E-state index in [0.717, 1.165) is 11.1 Å². The topological polar surface area (TPSA) is 52.6 Å². The van der Waals surface area contributed by atoms with Crippen molar-refractivity contribution in [2.24, 2.45) is 0 Å². The Kier molecular flexibility index (Phi) is 8.29. The van der Waals surface area contributed by atoms with Crippen LogP contribution in [-0.4, -0.2) is 11.9 Å². The molecule has 2 aromatic rings. The Bertz CT molecular complexity index is 798. The third kappa shape index (κ3) is 16.0. The zero-order valence-corrected chi connectivity index (χ0v) is 18.8. The molecular weight excluding hydrogens is 552 g/mol. The summed E-state index contributed by atoms with van der Waals surface area (Å²) in [6.07, 6.45) is 0. The Labute approximate surface area is 179 Å². The van der Waals surface area contributed by atoms with Gasteiger partial charge in [-0.2, -0.15) is 0 Å². The maximum absolute atomic E-state index is 10.8. The van der Waals surface area contributed by atoms with Crippen molar-refractivity contribution in [2.45, 2.75) is 27.1 Å². The number of hydrogen-bond donors (Lipinski definition) is 0. The summed E-state index contributed by atoms with van der Waals surface area (Å²) in [7, 11) is -10.7. The van der Waals surface area contributed by atoms with E-state index in [0.29, 0.717) is 13.2 Å². The van der Waals surface area contributed by atoms with Crippen molar-refractivity contribution in [3.8, 4) is 0 Å². The third-order valence-electron chi connectivity index (χ3n) is 2.93. The van der Waals surface area contributed by atoms with Crippen molar-refractivity contribution >= 4 is 19.7 Å². The van der Waals surface area contributed by atoms with E-state index in [9.17, 15) is 34.8 Å². The van der Waals surface area contributed by atoms with Crippen LogP contribution >= 0.6 is 7.81 Å². The molecule has 0 amide bonds. The summed E-state index contributed by atoms with van der Waals surface area (Å²) >= 11 is -0.258. The summed E-state index contributed by atoms with van der Waals surface area (Å²) in [6.45, 7) is 3.45. The second kappa shape index (κ2) is 9.51. The SMILES string of the molecule is CC(=O)OCc1ccc([I+]c2ccc(COC(C)=O)cc2)cc1.F[P-](F)(F)(F)(F)F. The predicted octanol–water partition coefficient (Wildman–Crippen LogP) is 3.32. The van der Waals surface area contributed by atoms with Crippen molar-refractivity contribution in [1.82, 2.24) is 0 Å². The van der Waals surface area contributed by atoms with Crippen molar-refractivity contribution in [3.05, 3.63) is 66.8 Å². The molecule has 2 rings (SSSR count). The van der Waals surface area contributed by atoms with Crippen molar-refractivity contribution in [2.75, 3.05) is 0 Å². The molecule has 0 heterocycles. The molecule has 168 valence electrons. The van der Waals surface area contributed by atoms with Crippen LogP contribution in [0.25, 0.3) is 0 Å². The fourth-order valence-electron chi connectivity index (χ4n) is 1.78. The van der Waals surface area contributed by atoms with Gasteiger partial charge in [0.25, 0.3) is 0 Å². The molecule has 0 saturated carbocycles. The molecule has 0 N–H and O–H groups in total. The molecule has 0 aromatic heterocycles. The fraction of sp³-hybridized carbons (Fsp3) is 0.222. The molecule has 0 bridgehead atoms. The zero-order chi connectivity index (χ0) is 23.1. The van der Waals surface area contributed by atoms with Gasteiger partial charge in [-0.25, -0.2) is 0 Å². The van der Waals surface area contributed by atoms with Crippen molar-refractivity contribution in [3.63, 3.8) is 0 Å². The number of carbonyl (C=O) groups is 2. The minimum atomic E-state index is -10.7. The van der Waals surface area contributed by atoms with E-state index in [1.54, 1.807) is 0 Å². The Hall–Kier alpha value is -1.88. The van der Waals surface area contributed by atoms with Crippen LogP contribution < -0.4 is 21.2 Å². The number of esters is 2.